The molecule has 0 aliphatic heterocycles. The number of hydrogen-bond acceptors (Lipinski definition) is 5. The summed E-state index contributed by atoms with van der Waals surface area (Å²) in [4.78, 5) is 23.9. The van der Waals surface area contributed by atoms with Gasteiger partial charge in [0.1, 0.15) is 17.6 Å². The number of nitrogens with zero attached hydrogens (tertiary/aromatic N) is 2. The topological polar surface area (TPSA) is 89.1 Å². The Morgan fingerprint density at radius 1 is 1.07 bits per heavy atom. The van der Waals surface area contributed by atoms with Gasteiger partial charge in [0, 0.05) is 24.6 Å². The van der Waals surface area contributed by atoms with Gasteiger partial charge in [0.25, 0.3) is 17.7 Å². The van der Waals surface area contributed by atoms with Crippen LogP contribution in [0.3, 0.4) is 0 Å². The zero-order valence-corrected chi connectivity index (χ0v) is 16.6. The van der Waals surface area contributed by atoms with Gasteiger partial charge in [-0.05, 0) is 55.0 Å². The van der Waals surface area contributed by atoms with Crippen LogP contribution in [0.25, 0.3) is 11.1 Å². The Morgan fingerprint density at radius 2 is 1.77 bits per heavy atom. The quantitative estimate of drug-likeness (QED) is 0.646. The zero-order chi connectivity index (χ0) is 20.9. The standard InChI is InChI=1S/C22H23FN4O3/c1-29-21-22(25-11-10-24-21)30-18-8-6-17(7-9-18)27-20(28)19-12-15(13-26-19)14-2-4-16(23)5-3-14/h2-5,10-13,17-18,26H,6-9H2,1H3,(H,27,28). The molecule has 1 amide bonds. The van der Waals surface area contributed by atoms with E-state index >= 15 is 0 Å². The lowest BCUT2D eigenvalue weighted by molar-refractivity contribution is 0.0882. The molecule has 4 rings (SSSR count). The highest BCUT2D eigenvalue weighted by atomic mass is 19.1. The molecule has 1 aliphatic rings. The highest BCUT2D eigenvalue weighted by Gasteiger charge is 2.25. The Hall–Kier alpha value is -3.42. The van der Waals surface area contributed by atoms with E-state index in [1.54, 1.807) is 36.8 Å². The molecule has 8 heteroatoms. The first-order valence-electron chi connectivity index (χ1n) is 9.89. The van der Waals surface area contributed by atoms with Crippen LogP contribution >= 0.6 is 0 Å². The van der Waals surface area contributed by atoms with Crippen LogP contribution in [0.4, 0.5) is 4.39 Å². The van der Waals surface area contributed by atoms with Crippen LogP contribution in [0.5, 0.6) is 11.8 Å². The van der Waals surface area contributed by atoms with Gasteiger partial charge in [-0.2, -0.15) is 0 Å². The molecule has 2 heterocycles. The highest BCUT2D eigenvalue weighted by molar-refractivity contribution is 5.94. The molecule has 1 fully saturated rings. The van der Waals surface area contributed by atoms with E-state index in [1.165, 1.54) is 19.2 Å². The van der Waals surface area contributed by atoms with Crippen molar-refractivity contribution in [1.29, 1.82) is 0 Å². The third-order valence-corrected chi connectivity index (χ3v) is 5.22. The summed E-state index contributed by atoms with van der Waals surface area (Å²) in [7, 11) is 1.53. The number of carbonyl (C=O) groups excluding carboxylic acids is 1. The third-order valence-electron chi connectivity index (χ3n) is 5.22. The predicted molar refractivity (Wildman–Crippen MR) is 109 cm³/mol. The second-order valence-electron chi connectivity index (χ2n) is 7.24. The van der Waals surface area contributed by atoms with Crippen LogP contribution in [0.15, 0.2) is 48.9 Å². The van der Waals surface area contributed by atoms with Crippen molar-refractivity contribution in [2.75, 3.05) is 7.11 Å². The van der Waals surface area contributed by atoms with Gasteiger partial charge in [-0.25, -0.2) is 14.4 Å². The number of ether oxygens (including phenoxy) is 2. The molecule has 156 valence electrons. The Labute approximate surface area is 173 Å². The van der Waals surface area contributed by atoms with Gasteiger partial charge in [-0.1, -0.05) is 12.1 Å². The number of hydrogen-bond donors (Lipinski definition) is 2. The van der Waals surface area contributed by atoms with Crippen molar-refractivity contribution in [2.24, 2.45) is 0 Å². The van der Waals surface area contributed by atoms with Gasteiger partial charge in [0.2, 0.25) is 0 Å². The number of nitrogens with one attached hydrogen (secondary N) is 2. The number of amides is 1. The summed E-state index contributed by atoms with van der Waals surface area (Å²) in [5.74, 6) is 0.330. The molecule has 1 aliphatic carbocycles. The average molecular weight is 410 g/mol. The Morgan fingerprint density at radius 3 is 2.47 bits per heavy atom. The SMILES string of the molecule is COc1nccnc1OC1CCC(NC(=O)c2cc(-c3ccc(F)cc3)c[nH]2)CC1. The van der Waals surface area contributed by atoms with E-state index in [0.717, 1.165) is 36.8 Å². The number of carbonyl (C=O) groups is 1. The van der Waals surface area contributed by atoms with Crippen molar-refractivity contribution in [3.63, 3.8) is 0 Å². The lowest BCUT2D eigenvalue weighted by Crippen LogP contribution is -2.39. The fourth-order valence-electron chi connectivity index (χ4n) is 3.61. The van der Waals surface area contributed by atoms with Gasteiger partial charge in [-0.3, -0.25) is 4.79 Å². The number of halogens is 1. The number of aromatic amines is 1. The molecule has 2 aromatic heterocycles. The molecule has 0 spiro atoms. The molecule has 0 bridgehead atoms. The molecule has 7 nitrogen and oxygen atoms in total. The number of benzene rings is 1. The molecule has 0 unspecified atom stereocenters. The molecule has 1 saturated carbocycles. The molecular formula is C22H23FN4O3. The van der Waals surface area contributed by atoms with E-state index in [0.29, 0.717) is 17.5 Å². The molecule has 0 radical (unpaired) electrons. The van der Waals surface area contributed by atoms with E-state index in [4.69, 9.17) is 9.47 Å². The van der Waals surface area contributed by atoms with Gasteiger partial charge in [0.15, 0.2) is 0 Å². The molecule has 0 atom stereocenters. The maximum Gasteiger partial charge on any atom is 0.278 e. The number of aromatic nitrogens is 3. The van der Waals surface area contributed by atoms with Crippen molar-refractivity contribution < 1.29 is 18.7 Å². The molecule has 30 heavy (non-hydrogen) atoms. The van der Waals surface area contributed by atoms with E-state index in [1.807, 2.05) is 0 Å². The van der Waals surface area contributed by atoms with Crippen LogP contribution in [-0.2, 0) is 0 Å². The maximum absolute atomic E-state index is 13.1. The fourth-order valence-corrected chi connectivity index (χ4v) is 3.61. The lowest BCUT2D eigenvalue weighted by Gasteiger charge is -2.29. The fraction of sp³-hybridized carbons (Fsp3) is 0.318. The Bertz CT molecular complexity index is 998. The zero-order valence-electron chi connectivity index (χ0n) is 16.6. The third kappa shape index (κ3) is 4.59. The molecule has 2 N–H and O–H groups in total. The first kappa shape index (κ1) is 19.9. The second-order valence-corrected chi connectivity index (χ2v) is 7.24. The minimum atomic E-state index is -0.287. The number of methoxy groups -OCH3 is 1. The molecule has 0 saturated heterocycles. The van der Waals surface area contributed by atoms with Crippen LogP contribution in [0, 0.1) is 5.82 Å². The van der Waals surface area contributed by atoms with Crippen LogP contribution < -0.4 is 14.8 Å². The molecule has 1 aromatic carbocycles. The molecule has 3 aromatic rings. The van der Waals surface area contributed by atoms with Crippen LogP contribution in [0.2, 0.25) is 0 Å². The smallest absolute Gasteiger partial charge is 0.278 e. The van der Waals surface area contributed by atoms with Crippen LogP contribution in [0.1, 0.15) is 36.2 Å². The largest absolute Gasteiger partial charge is 0.477 e. The summed E-state index contributed by atoms with van der Waals surface area (Å²) in [5.41, 5.74) is 2.18. The minimum Gasteiger partial charge on any atom is -0.477 e. The van der Waals surface area contributed by atoms with Gasteiger partial charge in [-0.15, -0.1) is 0 Å². The van der Waals surface area contributed by atoms with Crippen molar-refractivity contribution in [1.82, 2.24) is 20.3 Å². The molecular weight excluding hydrogens is 387 g/mol. The number of rotatable bonds is 6. The monoisotopic (exact) mass is 410 g/mol. The first-order valence-corrected chi connectivity index (χ1v) is 9.89. The normalized spacial score (nSPS) is 18.6. The van der Waals surface area contributed by atoms with Gasteiger partial charge >= 0.3 is 0 Å². The Kier molecular flexibility index (Phi) is 5.92. The predicted octanol–water partition coefficient (Wildman–Crippen LogP) is 3.74. The summed E-state index contributed by atoms with van der Waals surface area (Å²) in [6.45, 7) is 0. The first-order chi connectivity index (χ1) is 14.6. The summed E-state index contributed by atoms with van der Waals surface area (Å²) in [5, 5.41) is 3.08. The van der Waals surface area contributed by atoms with E-state index in [9.17, 15) is 9.18 Å². The highest BCUT2D eigenvalue weighted by Crippen LogP contribution is 2.27. The van der Waals surface area contributed by atoms with Crippen molar-refractivity contribution in [3.8, 4) is 22.9 Å². The summed E-state index contributed by atoms with van der Waals surface area (Å²) in [6, 6.07) is 8.04. The Balaban J connectivity index is 1.30. The van der Waals surface area contributed by atoms with Gasteiger partial charge < -0.3 is 19.8 Å². The van der Waals surface area contributed by atoms with Crippen molar-refractivity contribution >= 4 is 5.91 Å². The minimum absolute atomic E-state index is 0.0133. The lowest BCUT2D eigenvalue weighted by atomic mass is 9.93. The maximum atomic E-state index is 13.1. The summed E-state index contributed by atoms with van der Waals surface area (Å²) >= 11 is 0. The van der Waals surface area contributed by atoms with E-state index in [-0.39, 0.29) is 23.9 Å². The second kappa shape index (κ2) is 8.94. The summed E-state index contributed by atoms with van der Waals surface area (Å²) in [6.07, 6.45) is 8.11. The van der Waals surface area contributed by atoms with E-state index < -0.39 is 0 Å². The van der Waals surface area contributed by atoms with Crippen LogP contribution in [-0.4, -0.2) is 40.1 Å². The summed E-state index contributed by atoms with van der Waals surface area (Å²) < 4.78 is 24.2. The van der Waals surface area contributed by atoms with Crippen molar-refractivity contribution in [3.05, 3.63) is 60.4 Å². The van der Waals surface area contributed by atoms with Gasteiger partial charge in [0.05, 0.1) is 7.11 Å². The average Bonchev–Trinajstić information content (AvgIpc) is 3.26. The van der Waals surface area contributed by atoms with E-state index in [2.05, 4.69) is 20.3 Å². The number of H-pyrrole nitrogens is 1. The van der Waals surface area contributed by atoms with Crippen molar-refractivity contribution in [2.45, 2.75) is 37.8 Å².